The van der Waals surface area contributed by atoms with E-state index in [9.17, 15) is 18.0 Å². The van der Waals surface area contributed by atoms with Gasteiger partial charge in [-0.25, -0.2) is 4.39 Å². The minimum Gasteiger partial charge on any atom is -0.321 e. The van der Waals surface area contributed by atoms with Gasteiger partial charge in [0.25, 0.3) is 11.7 Å². The molecular weight excluding hydrogens is 299 g/mol. The van der Waals surface area contributed by atoms with Crippen molar-refractivity contribution in [3.05, 3.63) is 59.4 Å². The largest absolute Gasteiger partial charge is 0.321 e. The lowest BCUT2D eigenvalue weighted by Crippen LogP contribution is -2.14. The molecule has 6 heteroatoms. The molecule has 0 saturated heterocycles. The Morgan fingerprint density at radius 2 is 1.90 bits per heavy atom. The SMILES string of the molecule is Cc1ccc(F)c(C(=O)Nc2ccccc2SC(F)F)c1. The Balaban J connectivity index is 2.25. The first-order valence-electron chi connectivity index (χ1n) is 6.08. The molecule has 0 fully saturated rings. The van der Waals surface area contributed by atoms with E-state index in [1.54, 1.807) is 25.1 Å². The molecule has 0 heterocycles. The Morgan fingerprint density at radius 1 is 1.19 bits per heavy atom. The number of aryl methyl sites for hydroxylation is 1. The summed E-state index contributed by atoms with van der Waals surface area (Å²) in [6.07, 6.45) is 0. The summed E-state index contributed by atoms with van der Waals surface area (Å²) in [5.74, 6) is -3.92. The van der Waals surface area contributed by atoms with Gasteiger partial charge in [0.2, 0.25) is 0 Å². The molecule has 0 atom stereocenters. The van der Waals surface area contributed by atoms with Crippen LogP contribution in [0.2, 0.25) is 0 Å². The third-order valence-corrected chi connectivity index (χ3v) is 3.51. The number of carbonyl (C=O) groups is 1. The Kier molecular flexibility index (Phi) is 4.90. The zero-order valence-corrected chi connectivity index (χ0v) is 11.9. The Bertz CT molecular complexity index is 661. The average molecular weight is 311 g/mol. The number of hydrogen-bond acceptors (Lipinski definition) is 2. The molecule has 110 valence electrons. The van der Waals surface area contributed by atoms with Crippen molar-refractivity contribution in [2.45, 2.75) is 17.6 Å². The molecule has 0 aliphatic rings. The number of benzene rings is 2. The average Bonchev–Trinajstić information content (AvgIpc) is 2.43. The van der Waals surface area contributed by atoms with Crippen LogP contribution in [0.4, 0.5) is 18.9 Å². The van der Waals surface area contributed by atoms with Crippen LogP contribution >= 0.6 is 11.8 Å². The van der Waals surface area contributed by atoms with Gasteiger partial charge in [-0.15, -0.1) is 0 Å². The minimum atomic E-state index is -2.60. The number of carbonyl (C=O) groups excluding carboxylic acids is 1. The lowest BCUT2D eigenvalue weighted by Gasteiger charge is -2.11. The van der Waals surface area contributed by atoms with Gasteiger partial charge in [-0.05, 0) is 31.2 Å². The minimum absolute atomic E-state index is 0.119. The maximum atomic E-state index is 13.6. The highest BCUT2D eigenvalue weighted by Crippen LogP contribution is 2.31. The Hall–Kier alpha value is -1.95. The van der Waals surface area contributed by atoms with Gasteiger partial charge in [0.1, 0.15) is 5.82 Å². The van der Waals surface area contributed by atoms with Crippen molar-refractivity contribution < 1.29 is 18.0 Å². The summed E-state index contributed by atoms with van der Waals surface area (Å²) < 4.78 is 38.6. The van der Waals surface area contributed by atoms with Crippen LogP contribution < -0.4 is 5.32 Å². The molecule has 21 heavy (non-hydrogen) atoms. The van der Waals surface area contributed by atoms with Gasteiger partial charge < -0.3 is 5.32 Å². The fourth-order valence-corrected chi connectivity index (χ4v) is 2.37. The number of anilines is 1. The number of amides is 1. The van der Waals surface area contributed by atoms with E-state index < -0.39 is 17.5 Å². The molecule has 0 bridgehead atoms. The lowest BCUT2D eigenvalue weighted by molar-refractivity contribution is 0.102. The van der Waals surface area contributed by atoms with Gasteiger partial charge >= 0.3 is 0 Å². The fourth-order valence-electron chi connectivity index (χ4n) is 1.77. The van der Waals surface area contributed by atoms with Crippen LogP contribution in [0.5, 0.6) is 0 Å². The van der Waals surface area contributed by atoms with Crippen molar-refractivity contribution in [1.82, 2.24) is 0 Å². The molecule has 0 saturated carbocycles. The van der Waals surface area contributed by atoms with Crippen LogP contribution in [0.15, 0.2) is 47.4 Å². The van der Waals surface area contributed by atoms with E-state index in [0.717, 1.165) is 5.56 Å². The lowest BCUT2D eigenvalue weighted by atomic mass is 10.1. The number of alkyl halides is 2. The highest BCUT2D eigenvalue weighted by molar-refractivity contribution is 7.99. The van der Waals surface area contributed by atoms with E-state index in [1.807, 2.05) is 0 Å². The number of hydrogen-bond donors (Lipinski definition) is 1. The second-order valence-electron chi connectivity index (χ2n) is 4.31. The molecule has 0 spiro atoms. The van der Waals surface area contributed by atoms with Gasteiger partial charge in [0, 0.05) is 4.90 Å². The van der Waals surface area contributed by atoms with Crippen LogP contribution in [-0.2, 0) is 0 Å². The van der Waals surface area contributed by atoms with E-state index in [4.69, 9.17) is 0 Å². The third-order valence-electron chi connectivity index (χ3n) is 2.72. The van der Waals surface area contributed by atoms with Crippen LogP contribution in [0.25, 0.3) is 0 Å². The van der Waals surface area contributed by atoms with Gasteiger partial charge in [-0.2, -0.15) is 8.78 Å². The molecule has 0 aromatic heterocycles. The maximum absolute atomic E-state index is 13.6. The summed E-state index contributed by atoms with van der Waals surface area (Å²) in [4.78, 5) is 12.3. The molecular formula is C15H12F3NOS. The first-order chi connectivity index (χ1) is 9.97. The molecule has 1 amide bonds. The predicted molar refractivity (Wildman–Crippen MR) is 77.4 cm³/mol. The molecule has 0 radical (unpaired) electrons. The second kappa shape index (κ2) is 6.67. The number of nitrogens with one attached hydrogen (secondary N) is 1. The van der Waals surface area contributed by atoms with Crippen molar-refractivity contribution in [3.8, 4) is 0 Å². The van der Waals surface area contributed by atoms with Crippen molar-refractivity contribution >= 4 is 23.4 Å². The van der Waals surface area contributed by atoms with Crippen molar-refractivity contribution in [2.75, 3.05) is 5.32 Å². The number of halogens is 3. The number of para-hydroxylation sites is 1. The van der Waals surface area contributed by atoms with E-state index >= 15 is 0 Å². The van der Waals surface area contributed by atoms with Crippen LogP contribution in [0.3, 0.4) is 0 Å². The molecule has 0 aliphatic heterocycles. The second-order valence-corrected chi connectivity index (χ2v) is 5.34. The molecule has 1 N–H and O–H groups in total. The molecule has 2 aromatic rings. The van der Waals surface area contributed by atoms with Crippen molar-refractivity contribution in [2.24, 2.45) is 0 Å². The molecule has 2 aromatic carbocycles. The normalized spacial score (nSPS) is 10.7. The van der Waals surface area contributed by atoms with Gasteiger partial charge in [-0.1, -0.05) is 35.5 Å². The summed E-state index contributed by atoms with van der Waals surface area (Å²) >= 11 is 0.328. The van der Waals surface area contributed by atoms with Gasteiger partial charge in [0.05, 0.1) is 11.3 Å². The highest BCUT2D eigenvalue weighted by atomic mass is 32.2. The fraction of sp³-hybridized carbons (Fsp3) is 0.133. The van der Waals surface area contributed by atoms with E-state index in [0.29, 0.717) is 11.8 Å². The predicted octanol–water partition coefficient (Wildman–Crippen LogP) is 4.70. The number of rotatable bonds is 4. The topological polar surface area (TPSA) is 29.1 Å². The molecule has 0 unspecified atom stereocenters. The summed E-state index contributed by atoms with van der Waals surface area (Å²) in [5, 5.41) is 2.47. The summed E-state index contributed by atoms with van der Waals surface area (Å²) in [6, 6.07) is 10.3. The molecule has 0 aliphatic carbocycles. The highest BCUT2D eigenvalue weighted by Gasteiger charge is 2.15. The standard InChI is InChI=1S/C15H12F3NOS/c1-9-6-7-11(16)10(8-9)14(20)19-12-4-2-3-5-13(12)21-15(17)18/h2-8,15H,1H3,(H,19,20). The van der Waals surface area contributed by atoms with Crippen LogP contribution in [0.1, 0.15) is 15.9 Å². The van der Waals surface area contributed by atoms with Gasteiger partial charge in [-0.3, -0.25) is 4.79 Å². The van der Waals surface area contributed by atoms with Crippen LogP contribution in [0, 0.1) is 12.7 Å². The summed E-state index contributed by atoms with van der Waals surface area (Å²) in [7, 11) is 0. The smallest absolute Gasteiger partial charge is 0.288 e. The quantitative estimate of drug-likeness (QED) is 0.829. The molecule has 2 nitrogen and oxygen atoms in total. The van der Waals surface area contributed by atoms with Crippen molar-refractivity contribution in [3.63, 3.8) is 0 Å². The van der Waals surface area contributed by atoms with Crippen molar-refractivity contribution in [1.29, 1.82) is 0 Å². The third kappa shape index (κ3) is 4.01. The van der Waals surface area contributed by atoms with Crippen LogP contribution in [-0.4, -0.2) is 11.7 Å². The Morgan fingerprint density at radius 3 is 2.62 bits per heavy atom. The van der Waals surface area contributed by atoms with E-state index in [1.165, 1.54) is 24.3 Å². The van der Waals surface area contributed by atoms with E-state index in [-0.39, 0.29) is 16.1 Å². The maximum Gasteiger partial charge on any atom is 0.288 e. The zero-order valence-electron chi connectivity index (χ0n) is 11.1. The monoisotopic (exact) mass is 311 g/mol. The van der Waals surface area contributed by atoms with Gasteiger partial charge in [0.15, 0.2) is 0 Å². The first kappa shape index (κ1) is 15.4. The summed E-state index contributed by atoms with van der Waals surface area (Å²) in [5.41, 5.74) is 0.845. The summed E-state index contributed by atoms with van der Waals surface area (Å²) in [6.45, 7) is 1.73. The Labute approximate surface area is 124 Å². The first-order valence-corrected chi connectivity index (χ1v) is 6.96. The van der Waals surface area contributed by atoms with E-state index in [2.05, 4.69) is 5.32 Å². The number of thioether (sulfide) groups is 1. The zero-order chi connectivity index (χ0) is 15.4. The molecule has 2 rings (SSSR count).